The highest BCUT2D eigenvalue weighted by Gasteiger charge is 2.45. The first-order valence-electron chi connectivity index (χ1n) is 18.2. The van der Waals surface area contributed by atoms with Crippen LogP contribution in [0.3, 0.4) is 0 Å². The third-order valence-corrected chi connectivity index (χ3v) is 12.7. The number of hydrogen-bond donors (Lipinski definition) is 0. The number of carbonyl (C=O) groups is 1. The first-order chi connectivity index (χ1) is 25.1. The van der Waals surface area contributed by atoms with E-state index >= 15 is 0 Å². The smallest absolute Gasteiger partial charge is 0.253 e. The van der Waals surface area contributed by atoms with E-state index in [2.05, 4.69) is 106 Å². The number of likely N-dealkylation sites (N-methyl/N-ethyl adjacent to an activating group) is 3. The zero-order valence-electron chi connectivity index (χ0n) is 29.9. The highest BCUT2D eigenvalue weighted by molar-refractivity contribution is 6.31. The average Bonchev–Trinajstić information content (AvgIpc) is 3.61. The van der Waals surface area contributed by atoms with Crippen molar-refractivity contribution in [2.45, 2.75) is 57.3 Å². The summed E-state index contributed by atoms with van der Waals surface area (Å²) in [5.74, 6) is 0.0996. The van der Waals surface area contributed by atoms with E-state index in [1.807, 2.05) is 35.0 Å². The molecule has 4 aliphatic heterocycles. The van der Waals surface area contributed by atoms with Crippen LogP contribution < -0.4 is 0 Å². The first-order valence-corrected chi connectivity index (χ1v) is 18.9. The lowest BCUT2D eigenvalue weighted by Crippen LogP contribution is -2.48. The number of aromatic nitrogens is 3. The maximum Gasteiger partial charge on any atom is 0.253 e. The number of fused-ring (bicyclic) bond motifs is 6. The van der Waals surface area contributed by atoms with Crippen molar-refractivity contribution in [1.82, 2.24) is 33.7 Å². The Morgan fingerprint density at radius 2 is 1.46 bits per heavy atom. The van der Waals surface area contributed by atoms with Crippen molar-refractivity contribution in [3.05, 3.63) is 134 Å². The Bertz CT molecular complexity index is 2450. The van der Waals surface area contributed by atoms with E-state index in [9.17, 15) is 4.79 Å². The Morgan fingerprint density at radius 1 is 0.731 bits per heavy atom. The Kier molecular flexibility index (Phi) is 7.53. The standard InChI is InChI=1S/C42H41Cl2N7O/c1-24-14-26(12-13-45-24)36-23-50-34-10-8-28(43)16-30(34)33-20-49(22-38(40(33)50)47(36)3)18-25-6-5-7-27(15-25)39-42(52)51-35-11-9-29(44)17-31(35)32-19-46(2)21-37(41(32)51)48(39)4/h5-17,36-39H,18-23H2,1-4H3. The molecule has 0 N–H and O–H groups in total. The molecule has 0 saturated carbocycles. The van der Waals surface area contributed by atoms with Crippen LogP contribution in [0.5, 0.6) is 0 Å². The fourth-order valence-corrected chi connectivity index (χ4v) is 10.3. The van der Waals surface area contributed by atoms with Gasteiger partial charge < -0.3 is 9.47 Å². The maximum atomic E-state index is 14.6. The zero-order chi connectivity index (χ0) is 35.6. The highest BCUT2D eigenvalue weighted by atomic mass is 35.5. The summed E-state index contributed by atoms with van der Waals surface area (Å²) in [4.78, 5) is 28.9. The molecule has 0 radical (unpaired) electrons. The molecule has 8 nitrogen and oxygen atoms in total. The molecule has 0 bridgehead atoms. The van der Waals surface area contributed by atoms with Gasteiger partial charge in [-0.15, -0.1) is 0 Å². The molecule has 264 valence electrons. The van der Waals surface area contributed by atoms with Gasteiger partial charge in [-0.05, 0) is 104 Å². The Labute approximate surface area is 313 Å². The van der Waals surface area contributed by atoms with Gasteiger partial charge in [-0.1, -0.05) is 47.5 Å². The summed E-state index contributed by atoms with van der Waals surface area (Å²) < 4.78 is 4.55. The molecular formula is C42H41Cl2N7O. The lowest BCUT2D eigenvalue weighted by molar-refractivity contribution is 0.0515. The predicted molar refractivity (Wildman–Crippen MR) is 207 cm³/mol. The molecule has 6 aromatic rings. The van der Waals surface area contributed by atoms with Crippen LogP contribution >= 0.6 is 23.2 Å². The number of pyridine rings is 1. The molecule has 0 aliphatic carbocycles. The van der Waals surface area contributed by atoms with E-state index in [-0.39, 0.29) is 24.0 Å². The quantitative estimate of drug-likeness (QED) is 0.183. The molecule has 4 aliphatic rings. The van der Waals surface area contributed by atoms with E-state index < -0.39 is 6.04 Å². The number of carbonyl (C=O) groups excluding carboxylic acids is 1. The van der Waals surface area contributed by atoms with Crippen LogP contribution in [0, 0.1) is 6.92 Å². The lowest BCUT2D eigenvalue weighted by atomic mass is 9.92. The Morgan fingerprint density at radius 3 is 2.25 bits per heavy atom. The molecule has 52 heavy (non-hydrogen) atoms. The molecule has 4 atom stereocenters. The maximum absolute atomic E-state index is 14.6. The molecule has 4 unspecified atom stereocenters. The largest absolute Gasteiger partial charge is 0.341 e. The highest BCUT2D eigenvalue weighted by Crippen LogP contribution is 2.47. The van der Waals surface area contributed by atoms with Gasteiger partial charge in [-0.2, -0.15) is 0 Å². The summed E-state index contributed by atoms with van der Waals surface area (Å²) in [6, 6.07) is 25.6. The summed E-state index contributed by atoms with van der Waals surface area (Å²) in [6.45, 7) is 7.14. The molecule has 7 heterocycles. The van der Waals surface area contributed by atoms with Gasteiger partial charge in [0.25, 0.3) is 5.91 Å². The van der Waals surface area contributed by atoms with E-state index in [1.165, 1.54) is 38.9 Å². The second kappa shape index (κ2) is 12.0. The Balaban J connectivity index is 1.01. The van der Waals surface area contributed by atoms with Crippen LogP contribution in [0.25, 0.3) is 21.8 Å². The van der Waals surface area contributed by atoms with Crippen molar-refractivity contribution >= 4 is 50.9 Å². The van der Waals surface area contributed by atoms with Crippen LogP contribution in [0.1, 0.15) is 73.9 Å². The molecule has 0 spiro atoms. The van der Waals surface area contributed by atoms with Gasteiger partial charge in [0.15, 0.2) is 0 Å². The van der Waals surface area contributed by atoms with Crippen LogP contribution in [-0.2, 0) is 26.2 Å². The number of hydrogen-bond acceptors (Lipinski definition) is 6. The van der Waals surface area contributed by atoms with Crippen molar-refractivity contribution in [1.29, 1.82) is 0 Å². The number of halogens is 2. The summed E-state index contributed by atoms with van der Waals surface area (Å²) in [7, 11) is 6.55. The third kappa shape index (κ3) is 4.89. The normalized spacial score (nSPS) is 23.8. The topological polar surface area (TPSA) is 52.8 Å². The molecule has 0 amide bonds. The van der Waals surface area contributed by atoms with Gasteiger partial charge in [0.05, 0.1) is 23.6 Å². The van der Waals surface area contributed by atoms with E-state index in [0.29, 0.717) is 5.02 Å². The summed E-state index contributed by atoms with van der Waals surface area (Å²) in [6.07, 6.45) is 1.93. The lowest BCUT2D eigenvalue weighted by Gasteiger charge is -2.46. The van der Waals surface area contributed by atoms with Crippen molar-refractivity contribution in [2.75, 3.05) is 34.2 Å². The number of nitrogens with zero attached hydrogens (tertiary/aromatic N) is 7. The van der Waals surface area contributed by atoms with Crippen LogP contribution in [0.15, 0.2) is 79.0 Å². The average molecular weight is 731 g/mol. The molecule has 3 aromatic carbocycles. The van der Waals surface area contributed by atoms with Gasteiger partial charge in [-0.25, -0.2) is 0 Å². The van der Waals surface area contributed by atoms with Crippen molar-refractivity contribution in [3.8, 4) is 0 Å². The summed E-state index contributed by atoms with van der Waals surface area (Å²) in [5.41, 5.74) is 11.9. The number of rotatable bonds is 4. The summed E-state index contributed by atoms with van der Waals surface area (Å²) in [5, 5.41) is 3.79. The van der Waals surface area contributed by atoms with Gasteiger partial charge >= 0.3 is 0 Å². The van der Waals surface area contributed by atoms with Crippen LogP contribution in [0.4, 0.5) is 0 Å². The molecule has 3 aromatic heterocycles. The van der Waals surface area contributed by atoms with E-state index in [0.717, 1.165) is 72.1 Å². The fourth-order valence-electron chi connectivity index (χ4n) is 9.97. The minimum atomic E-state index is -0.398. The van der Waals surface area contributed by atoms with Crippen molar-refractivity contribution < 1.29 is 4.79 Å². The predicted octanol–water partition coefficient (Wildman–Crippen LogP) is 8.16. The fraction of sp³-hybridized carbons (Fsp3) is 0.333. The molecule has 0 saturated heterocycles. The molecule has 10 heteroatoms. The van der Waals surface area contributed by atoms with E-state index in [1.54, 1.807) is 0 Å². The van der Waals surface area contributed by atoms with Gasteiger partial charge in [0, 0.05) is 88.9 Å². The Hall–Kier alpha value is -4.02. The molecule has 10 rings (SSSR count). The van der Waals surface area contributed by atoms with E-state index in [4.69, 9.17) is 23.2 Å². The SMILES string of the molecule is Cc1cc(C2Cn3c4c(c5cc(Cl)ccc53)CN(Cc3cccc(C5C(=O)n6c7c(c8cc(Cl)ccc86)CN(C)CC7N5C)c3)CC4N2C)ccn1. The zero-order valence-corrected chi connectivity index (χ0v) is 31.4. The van der Waals surface area contributed by atoms with Crippen LogP contribution in [0.2, 0.25) is 10.0 Å². The van der Waals surface area contributed by atoms with Crippen molar-refractivity contribution in [2.24, 2.45) is 0 Å². The number of aryl methyl sites for hydroxylation is 1. The first kappa shape index (κ1) is 32.6. The number of benzene rings is 3. The monoisotopic (exact) mass is 729 g/mol. The van der Waals surface area contributed by atoms with Gasteiger partial charge in [0.2, 0.25) is 0 Å². The minimum absolute atomic E-state index is 0.0925. The summed E-state index contributed by atoms with van der Waals surface area (Å²) >= 11 is 13.1. The van der Waals surface area contributed by atoms with Crippen LogP contribution in [-0.4, -0.2) is 73.9 Å². The second-order valence-electron chi connectivity index (χ2n) is 15.5. The van der Waals surface area contributed by atoms with Gasteiger partial charge in [0.1, 0.15) is 6.04 Å². The molecular weight excluding hydrogens is 689 g/mol. The minimum Gasteiger partial charge on any atom is -0.341 e. The second-order valence-corrected chi connectivity index (χ2v) is 16.3. The van der Waals surface area contributed by atoms with Gasteiger partial charge in [-0.3, -0.25) is 29.0 Å². The van der Waals surface area contributed by atoms with Crippen molar-refractivity contribution in [3.63, 3.8) is 0 Å². The third-order valence-electron chi connectivity index (χ3n) is 12.3. The molecule has 0 fully saturated rings.